The molecule has 1 saturated carbocycles. The van der Waals surface area contributed by atoms with E-state index >= 15 is 0 Å². The van der Waals surface area contributed by atoms with Gasteiger partial charge in [-0.25, -0.2) is 9.18 Å². The molecule has 0 saturated heterocycles. The molecule has 0 radical (unpaired) electrons. The third-order valence-electron chi connectivity index (χ3n) is 2.99. The Balaban J connectivity index is 2.33. The van der Waals surface area contributed by atoms with Gasteiger partial charge in [0, 0.05) is 9.86 Å². The van der Waals surface area contributed by atoms with Crippen LogP contribution in [0.3, 0.4) is 0 Å². The Morgan fingerprint density at radius 3 is 2.89 bits per heavy atom. The third kappa shape index (κ3) is 1.71. The molecule has 0 atom stereocenters. The van der Waals surface area contributed by atoms with Crippen molar-refractivity contribution in [2.24, 2.45) is 0 Å². The molecular formula is C12H10BrFN2O2. The molecule has 0 spiro atoms. The number of benzene rings is 1. The third-order valence-corrected chi connectivity index (χ3v) is 3.45. The van der Waals surface area contributed by atoms with Gasteiger partial charge in [0.25, 0.3) is 0 Å². The maximum Gasteiger partial charge on any atom is 0.359 e. The molecule has 6 heteroatoms. The van der Waals surface area contributed by atoms with Crippen LogP contribution in [0.1, 0.15) is 29.4 Å². The summed E-state index contributed by atoms with van der Waals surface area (Å²) in [5, 5.41) is 4.69. The highest BCUT2D eigenvalue weighted by molar-refractivity contribution is 9.10. The van der Waals surface area contributed by atoms with Crippen LogP contribution in [-0.4, -0.2) is 22.9 Å². The average Bonchev–Trinajstić information content (AvgIpc) is 3.10. The van der Waals surface area contributed by atoms with Gasteiger partial charge in [-0.05, 0) is 25.0 Å². The summed E-state index contributed by atoms with van der Waals surface area (Å²) in [4.78, 5) is 11.7. The fraction of sp³-hybridized carbons (Fsp3) is 0.333. The Morgan fingerprint density at radius 2 is 2.28 bits per heavy atom. The molecule has 94 valence electrons. The molecule has 0 N–H and O–H groups in total. The number of carbonyl (C=O) groups is 1. The molecule has 18 heavy (non-hydrogen) atoms. The number of rotatable bonds is 2. The highest BCUT2D eigenvalue weighted by atomic mass is 79.9. The number of halogens is 2. The standard InChI is InChI=1S/C12H10BrFN2O2/c1-18-12(17)10-8-4-6(13)5-9(14)11(8)16(15-10)7-2-3-7/h4-5,7H,2-3H2,1H3. The second-order valence-corrected chi connectivity index (χ2v) is 5.22. The first-order valence-corrected chi connectivity index (χ1v) is 6.36. The lowest BCUT2D eigenvalue weighted by atomic mass is 10.2. The SMILES string of the molecule is COC(=O)c1nn(C2CC2)c2c(F)cc(Br)cc12. The van der Waals surface area contributed by atoms with E-state index in [0.717, 1.165) is 12.8 Å². The van der Waals surface area contributed by atoms with Gasteiger partial charge in [0.15, 0.2) is 5.69 Å². The summed E-state index contributed by atoms with van der Waals surface area (Å²) < 4.78 is 20.9. The van der Waals surface area contributed by atoms with Gasteiger partial charge in [0.05, 0.1) is 13.2 Å². The van der Waals surface area contributed by atoms with Gasteiger partial charge in [-0.1, -0.05) is 15.9 Å². The van der Waals surface area contributed by atoms with Crippen molar-refractivity contribution in [1.29, 1.82) is 0 Å². The van der Waals surface area contributed by atoms with Crippen LogP contribution < -0.4 is 0 Å². The van der Waals surface area contributed by atoms with Crippen LogP contribution in [0.4, 0.5) is 4.39 Å². The monoisotopic (exact) mass is 312 g/mol. The average molecular weight is 313 g/mol. The van der Waals surface area contributed by atoms with Crippen molar-refractivity contribution in [3.63, 3.8) is 0 Å². The van der Waals surface area contributed by atoms with Crippen molar-refractivity contribution >= 4 is 32.8 Å². The predicted octanol–water partition coefficient (Wildman–Crippen LogP) is 3.06. The number of fused-ring (bicyclic) bond motifs is 1. The zero-order valence-corrected chi connectivity index (χ0v) is 11.2. The molecule has 1 fully saturated rings. The first-order chi connectivity index (χ1) is 8.61. The molecule has 1 heterocycles. The van der Waals surface area contributed by atoms with Crippen LogP contribution in [0.15, 0.2) is 16.6 Å². The zero-order chi connectivity index (χ0) is 12.9. The molecule has 1 aromatic heterocycles. The van der Waals surface area contributed by atoms with E-state index in [1.165, 1.54) is 13.2 Å². The maximum atomic E-state index is 14.0. The summed E-state index contributed by atoms with van der Waals surface area (Å²) in [6, 6.07) is 3.27. The molecule has 0 aliphatic heterocycles. The molecule has 3 rings (SSSR count). The lowest BCUT2D eigenvalue weighted by Gasteiger charge is -2.01. The quantitative estimate of drug-likeness (QED) is 0.801. The Kier molecular flexibility index (Phi) is 2.62. The van der Waals surface area contributed by atoms with Crippen molar-refractivity contribution in [2.75, 3.05) is 7.11 Å². The summed E-state index contributed by atoms with van der Waals surface area (Å²) >= 11 is 3.22. The van der Waals surface area contributed by atoms with E-state index in [0.29, 0.717) is 15.4 Å². The topological polar surface area (TPSA) is 44.1 Å². The molecule has 0 bridgehead atoms. The first kappa shape index (κ1) is 11.6. The lowest BCUT2D eigenvalue weighted by molar-refractivity contribution is 0.0595. The highest BCUT2D eigenvalue weighted by Gasteiger charge is 2.30. The number of nitrogens with zero attached hydrogens (tertiary/aromatic N) is 2. The van der Waals surface area contributed by atoms with E-state index in [9.17, 15) is 9.18 Å². The van der Waals surface area contributed by atoms with E-state index in [-0.39, 0.29) is 17.6 Å². The van der Waals surface area contributed by atoms with Gasteiger partial charge in [0.2, 0.25) is 0 Å². The first-order valence-electron chi connectivity index (χ1n) is 5.57. The van der Waals surface area contributed by atoms with Crippen LogP contribution in [-0.2, 0) is 4.74 Å². The number of carbonyl (C=O) groups excluding carboxylic acids is 1. The number of hydrogen-bond donors (Lipinski definition) is 0. The fourth-order valence-electron chi connectivity index (χ4n) is 2.02. The molecule has 1 aromatic carbocycles. The van der Waals surface area contributed by atoms with Gasteiger partial charge >= 0.3 is 5.97 Å². The second-order valence-electron chi connectivity index (χ2n) is 4.30. The van der Waals surface area contributed by atoms with Crippen molar-refractivity contribution in [1.82, 2.24) is 9.78 Å². The van der Waals surface area contributed by atoms with Gasteiger partial charge in [0.1, 0.15) is 11.3 Å². The van der Waals surface area contributed by atoms with Crippen molar-refractivity contribution in [3.8, 4) is 0 Å². The van der Waals surface area contributed by atoms with Crippen molar-refractivity contribution in [2.45, 2.75) is 18.9 Å². The minimum absolute atomic E-state index is 0.166. The highest BCUT2D eigenvalue weighted by Crippen LogP contribution is 2.39. The van der Waals surface area contributed by atoms with Crippen LogP contribution in [0.5, 0.6) is 0 Å². The molecule has 1 aliphatic carbocycles. The molecule has 1 aliphatic rings. The maximum absolute atomic E-state index is 14.0. The molecule has 2 aromatic rings. The number of ether oxygens (including phenoxy) is 1. The summed E-state index contributed by atoms with van der Waals surface area (Å²) in [6.07, 6.45) is 1.93. The van der Waals surface area contributed by atoms with Crippen LogP contribution in [0, 0.1) is 5.82 Å². The fourth-order valence-corrected chi connectivity index (χ4v) is 2.45. The number of esters is 1. The summed E-state index contributed by atoms with van der Waals surface area (Å²) in [7, 11) is 1.29. The van der Waals surface area contributed by atoms with Crippen LogP contribution in [0.2, 0.25) is 0 Å². The van der Waals surface area contributed by atoms with Gasteiger partial charge < -0.3 is 4.74 Å². The van der Waals surface area contributed by atoms with Crippen molar-refractivity contribution in [3.05, 3.63) is 28.1 Å². The van der Waals surface area contributed by atoms with E-state index in [4.69, 9.17) is 0 Å². The summed E-state index contributed by atoms with van der Waals surface area (Å²) in [5.74, 6) is -0.925. The van der Waals surface area contributed by atoms with E-state index < -0.39 is 5.97 Å². The predicted molar refractivity (Wildman–Crippen MR) is 67.0 cm³/mol. The minimum Gasteiger partial charge on any atom is -0.464 e. The largest absolute Gasteiger partial charge is 0.464 e. The van der Waals surface area contributed by atoms with Crippen LogP contribution in [0.25, 0.3) is 10.9 Å². The Hall–Kier alpha value is -1.43. The number of hydrogen-bond acceptors (Lipinski definition) is 3. The number of aromatic nitrogens is 2. The second kappa shape index (κ2) is 4.05. The zero-order valence-electron chi connectivity index (χ0n) is 9.61. The van der Waals surface area contributed by atoms with E-state index in [1.54, 1.807) is 10.7 Å². The number of methoxy groups -OCH3 is 1. The molecule has 4 nitrogen and oxygen atoms in total. The van der Waals surface area contributed by atoms with Gasteiger partial charge in [-0.15, -0.1) is 0 Å². The summed E-state index contributed by atoms with van der Waals surface area (Å²) in [6.45, 7) is 0. The molecule has 0 amide bonds. The Morgan fingerprint density at radius 1 is 1.56 bits per heavy atom. The Bertz CT molecular complexity index is 649. The van der Waals surface area contributed by atoms with E-state index in [2.05, 4.69) is 25.8 Å². The van der Waals surface area contributed by atoms with Crippen LogP contribution >= 0.6 is 15.9 Å². The molecule has 0 unspecified atom stereocenters. The normalized spacial score (nSPS) is 15.1. The molecular weight excluding hydrogens is 303 g/mol. The Labute approximate surface area is 111 Å². The van der Waals surface area contributed by atoms with Gasteiger partial charge in [-0.3, -0.25) is 4.68 Å². The lowest BCUT2D eigenvalue weighted by Crippen LogP contribution is -2.04. The smallest absolute Gasteiger partial charge is 0.359 e. The van der Waals surface area contributed by atoms with Crippen molar-refractivity contribution < 1.29 is 13.9 Å². The van der Waals surface area contributed by atoms with E-state index in [1.807, 2.05) is 0 Å². The summed E-state index contributed by atoms with van der Waals surface area (Å²) in [5.41, 5.74) is 0.542. The minimum atomic E-state index is -0.545. The van der Waals surface area contributed by atoms with Gasteiger partial charge in [-0.2, -0.15) is 5.10 Å².